The van der Waals surface area contributed by atoms with Crippen molar-refractivity contribution >= 4 is 17.1 Å². The molecule has 2 aromatic carbocycles. The highest BCUT2D eigenvalue weighted by Crippen LogP contribution is 2.28. The molecule has 1 N–H and O–H groups in total. The number of rotatable bonds is 5. The minimum atomic E-state index is -0.174. The molecule has 0 spiro atoms. The van der Waals surface area contributed by atoms with Gasteiger partial charge in [0.1, 0.15) is 5.82 Å². The third-order valence-corrected chi connectivity index (χ3v) is 5.53. The highest BCUT2D eigenvalue weighted by molar-refractivity contribution is 5.89. The molecule has 0 saturated carbocycles. The van der Waals surface area contributed by atoms with Crippen LogP contribution < -0.4 is 0 Å². The minimum Gasteiger partial charge on any atom is -0.411 e. The molecule has 4 rings (SSSR count). The molecule has 0 amide bonds. The molecular weight excluding hydrogens is 341 g/mol. The molecule has 0 atom stereocenters. The predicted molar refractivity (Wildman–Crippen MR) is 106 cm³/mol. The van der Waals surface area contributed by atoms with Crippen LogP contribution in [0.3, 0.4) is 0 Å². The van der Waals surface area contributed by atoms with E-state index in [1.807, 2.05) is 18.2 Å². The zero-order chi connectivity index (χ0) is 18.6. The van der Waals surface area contributed by atoms with Gasteiger partial charge in [0.05, 0.1) is 6.21 Å². The molecule has 0 radical (unpaired) electrons. The van der Waals surface area contributed by atoms with Gasteiger partial charge in [0.15, 0.2) is 0 Å². The van der Waals surface area contributed by atoms with Crippen LogP contribution in [-0.4, -0.2) is 40.5 Å². The summed E-state index contributed by atoms with van der Waals surface area (Å²) in [4.78, 5) is 2.50. The standard InChI is InChI=1S/C22H24FN3O/c23-20-5-2-17(3-6-20)7-11-25-12-9-21(10-13-25)26-14-8-19-4-1-18(16-24-27)15-22(19)26/h1-6,8,14-16,21,27H,7,9-13H2/b24-16-. The number of halogens is 1. The lowest BCUT2D eigenvalue weighted by Gasteiger charge is -2.33. The van der Waals surface area contributed by atoms with Gasteiger partial charge in [0.2, 0.25) is 0 Å². The van der Waals surface area contributed by atoms with Gasteiger partial charge in [-0.1, -0.05) is 29.4 Å². The SMILES string of the molecule is O/N=C\c1ccc2ccn(C3CCN(CCc4ccc(F)cc4)CC3)c2c1. The summed E-state index contributed by atoms with van der Waals surface area (Å²) < 4.78 is 15.4. The Morgan fingerprint density at radius 3 is 2.59 bits per heavy atom. The van der Waals surface area contributed by atoms with E-state index in [2.05, 4.69) is 39.0 Å². The molecule has 0 unspecified atom stereocenters. The number of benzene rings is 2. The van der Waals surface area contributed by atoms with Crippen molar-refractivity contribution in [2.45, 2.75) is 25.3 Å². The van der Waals surface area contributed by atoms with E-state index in [0.717, 1.165) is 44.5 Å². The van der Waals surface area contributed by atoms with Gasteiger partial charge in [-0.2, -0.15) is 0 Å². The topological polar surface area (TPSA) is 40.8 Å². The molecule has 140 valence electrons. The van der Waals surface area contributed by atoms with Crippen LogP contribution in [0, 0.1) is 5.82 Å². The van der Waals surface area contributed by atoms with Crippen molar-refractivity contribution in [3.63, 3.8) is 0 Å². The molecule has 0 aliphatic carbocycles. The van der Waals surface area contributed by atoms with Gasteiger partial charge < -0.3 is 14.7 Å². The second-order valence-electron chi connectivity index (χ2n) is 7.24. The van der Waals surface area contributed by atoms with Crippen LogP contribution in [0.25, 0.3) is 10.9 Å². The first kappa shape index (κ1) is 17.7. The van der Waals surface area contributed by atoms with Crippen LogP contribution in [0.2, 0.25) is 0 Å². The first-order chi connectivity index (χ1) is 13.2. The molecule has 1 aromatic heterocycles. The Morgan fingerprint density at radius 1 is 1.07 bits per heavy atom. The fraction of sp³-hybridized carbons (Fsp3) is 0.318. The maximum absolute atomic E-state index is 13.0. The van der Waals surface area contributed by atoms with Gasteiger partial charge in [0.25, 0.3) is 0 Å². The lowest BCUT2D eigenvalue weighted by atomic mass is 10.0. The summed E-state index contributed by atoms with van der Waals surface area (Å²) in [6.45, 7) is 3.16. The van der Waals surface area contributed by atoms with Crippen LogP contribution in [0.5, 0.6) is 0 Å². The smallest absolute Gasteiger partial charge is 0.123 e. The van der Waals surface area contributed by atoms with Gasteiger partial charge in [-0.3, -0.25) is 0 Å². The average Bonchev–Trinajstić information content (AvgIpc) is 3.11. The summed E-state index contributed by atoms with van der Waals surface area (Å²) in [7, 11) is 0. The fourth-order valence-corrected chi connectivity index (χ4v) is 3.99. The molecule has 5 heteroatoms. The molecule has 0 bridgehead atoms. The van der Waals surface area contributed by atoms with Gasteiger partial charge in [-0.15, -0.1) is 0 Å². The largest absolute Gasteiger partial charge is 0.411 e. The molecular formula is C22H24FN3O. The maximum atomic E-state index is 13.0. The number of likely N-dealkylation sites (tertiary alicyclic amines) is 1. The van der Waals surface area contributed by atoms with Crippen molar-refractivity contribution in [3.05, 3.63) is 71.7 Å². The average molecular weight is 365 g/mol. The highest BCUT2D eigenvalue weighted by Gasteiger charge is 2.21. The Balaban J connectivity index is 1.38. The Kier molecular flexibility index (Phi) is 5.21. The molecule has 1 aliphatic rings. The molecule has 2 heterocycles. The van der Waals surface area contributed by atoms with Crippen molar-refractivity contribution in [2.24, 2.45) is 5.16 Å². The van der Waals surface area contributed by atoms with Gasteiger partial charge in [-0.25, -0.2) is 4.39 Å². The van der Waals surface area contributed by atoms with E-state index in [1.165, 1.54) is 34.8 Å². The van der Waals surface area contributed by atoms with E-state index in [1.54, 1.807) is 0 Å². The van der Waals surface area contributed by atoms with E-state index < -0.39 is 0 Å². The van der Waals surface area contributed by atoms with Crippen molar-refractivity contribution in [1.82, 2.24) is 9.47 Å². The Hall–Kier alpha value is -2.66. The van der Waals surface area contributed by atoms with Crippen molar-refractivity contribution in [1.29, 1.82) is 0 Å². The maximum Gasteiger partial charge on any atom is 0.123 e. The van der Waals surface area contributed by atoms with E-state index in [4.69, 9.17) is 5.21 Å². The lowest BCUT2D eigenvalue weighted by Crippen LogP contribution is -2.35. The number of hydrogen-bond donors (Lipinski definition) is 1. The van der Waals surface area contributed by atoms with Crippen molar-refractivity contribution < 1.29 is 9.60 Å². The summed E-state index contributed by atoms with van der Waals surface area (Å²) in [5.74, 6) is -0.174. The molecule has 1 fully saturated rings. The molecule has 27 heavy (non-hydrogen) atoms. The predicted octanol–water partition coefficient (Wildman–Crippen LogP) is 4.47. The second kappa shape index (κ2) is 7.92. The number of fused-ring (bicyclic) bond motifs is 1. The summed E-state index contributed by atoms with van der Waals surface area (Å²) in [5.41, 5.74) is 3.28. The van der Waals surface area contributed by atoms with Gasteiger partial charge in [0, 0.05) is 37.4 Å². The first-order valence-electron chi connectivity index (χ1n) is 9.48. The molecule has 3 aromatic rings. The minimum absolute atomic E-state index is 0.174. The Labute approximate surface area is 158 Å². The van der Waals surface area contributed by atoms with Crippen LogP contribution in [-0.2, 0) is 6.42 Å². The van der Waals surface area contributed by atoms with Crippen molar-refractivity contribution in [2.75, 3.05) is 19.6 Å². The highest BCUT2D eigenvalue weighted by atomic mass is 19.1. The van der Waals surface area contributed by atoms with Gasteiger partial charge >= 0.3 is 0 Å². The Morgan fingerprint density at radius 2 is 1.85 bits per heavy atom. The first-order valence-corrected chi connectivity index (χ1v) is 9.48. The third kappa shape index (κ3) is 4.03. The van der Waals surface area contributed by atoms with Crippen molar-refractivity contribution in [3.8, 4) is 0 Å². The number of aromatic nitrogens is 1. The lowest BCUT2D eigenvalue weighted by molar-refractivity contribution is 0.190. The van der Waals surface area contributed by atoms with Crippen LogP contribution in [0.4, 0.5) is 4.39 Å². The normalized spacial score (nSPS) is 16.5. The molecule has 4 nitrogen and oxygen atoms in total. The van der Waals surface area contributed by atoms with E-state index in [-0.39, 0.29) is 5.82 Å². The quantitative estimate of drug-likeness (QED) is 0.412. The zero-order valence-electron chi connectivity index (χ0n) is 15.3. The van der Waals surface area contributed by atoms with E-state index in [9.17, 15) is 4.39 Å². The number of oxime groups is 1. The summed E-state index contributed by atoms with van der Waals surface area (Å²) >= 11 is 0. The van der Waals surface area contributed by atoms with Crippen LogP contribution >= 0.6 is 0 Å². The van der Waals surface area contributed by atoms with Crippen LogP contribution in [0.15, 0.2) is 59.9 Å². The molecule has 1 aliphatic heterocycles. The summed E-state index contributed by atoms with van der Waals surface area (Å²) in [6, 6.07) is 15.6. The monoisotopic (exact) mass is 365 g/mol. The third-order valence-electron chi connectivity index (χ3n) is 5.53. The van der Waals surface area contributed by atoms with Gasteiger partial charge in [-0.05, 0) is 60.0 Å². The Bertz CT molecular complexity index is 924. The summed E-state index contributed by atoms with van der Waals surface area (Å²) in [5, 5.41) is 13.1. The van der Waals surface area contributed by atoms with Crippen LogP contribution in [0.1, 0.15) is 30.0 Å². The number of piperidine rings is 1. The molecule has 1 saturated heterocycles. The number of hydrogen-bond acceptors (Lipinski definition) is 3. The summed E-state index contributed by atoms with van der Waals surface area (Å²) in [6.07, 6.45) is 6.83. The number of nitrogens with zero attached hydrogens (tertiary/aromatic N) is 3. The second-order valence-corrected chi connectivity index (χ2v) is 7.24. The fourth-order valence-electron chi connectivity index (χ4n) is 3.99. The van der Waals surface area contributed by atoms with E-state index in [0.29, 0.717) is 6.04 Å². The zero-order valence-corrected chi connectivity index (χ0v) is 15.3. The van der Waals surface area contributed by atoms with E-state index >= 15 is 0 Å².